The minimum absolute atomic E-state index is 0.0571. The van der Waals surface area contributed by atoms with Crippen molar-refractivity contribution < 1.29 is 9.90 Å². The maximum atomic E-state index is 12.5. The third kappa shape index (κ3) is 4.10. The molecule has 2 N–H and O–H groups in total. The summed E-state index contributed by atoms with van der Waals surface area (Å²) in [5.41, 5.74) is 1.72. The van der Waals surface area contributed by atoms with Gasteiger partial charge in [0.25, 0.3) is 0 Å². The van der Waals surface area contributed by atoms with Gasteiger partial charge in [-0.3, -0.25) is 0 Å². The van der Waals surface area contributed by atoms with Gasteiger partial charge in [-0.15, -0.1) is 0 Å². The van der Waals surface area contributed by atoms with Crippen LogP contribution in [0.5, 0.6) is 0 Å². The Labute approximate surface area is 145 Å². The molecule has 1 aliphatic heterocycles. The molecule has 4 heteroatoms. The average molecular weight is 330 g/mol. The molecule has 1 saturated heterocycles. The second-order valence-corrected chi connectivity index (χ2v) is 7.50. The molecule has 1 aromatic rings. The summed E-state index contributed by atoms with van der Waals surface area (Å²) < 4.78 is 0. The molecule has 1 unspecified atom stereocenters. The minimum atomic E-state index is 0.0571. The molecule has 2 aliphatic rings. The number of benzene rings is 1. The molecular formula is C20H30N2O2. The van der Waals surface area contributed by atoms with Crippen LogP contribution in [0.1, 0.15) is 56.4 Å². The van der Waals surface area contributed by atoms with Crippen LogP contribution in [0.4, 0.5) is 4.79 Å². The van der Waals surface area contributed by atoms with Crippen LogP contribution >= 0.6 is 0 Å². The van der Waals surface area contributed by atoms with Gasteiger partial charge in [-0.25, -0.2) is 4.79 Å². The number of hydrogen-bond donors (Lipinski definition) is 2. The summed E-state index contributed by atoms with van der Waals surface area (Å²) in [6.45, 7) is 2.51. The fourth-order valence-corrected chi connectivity index (χ4v) is 4.40. The molecule has 3 rings (SSSR count). The second kappa shape index (κ2) is 8.02. The summed E-state index contributed by atoms with van der Waals surface area (Å²) in [5, 5.41) is 12.4. The van der Waals surface area contributed by atoms with Gasteiger partial charge >= 0.3 is 6.03 Å². The number of aliphatic hydroxyl groups is 1. The van der Waals surface area contributed by atoms with Crippen molar-refractivity contribution in [3.8, 4) is 0 Å². The molecule has 4 nitrogen and oxygen atoms in total. The molecule has 2 amide bonds. The Kier molecular flexibility index (Phi) is 5.77. The summed E-state index contributed by atoms with van der Waals surface area (Å²) in [6.07, 6.45) is 8.45. The van der Waals surface area contributed by atoms with Crippen molar-refractivity contribution in [2.45, 2.75) is 50.9 Å². The van der Waals surface area contributed by atoms with Crippen molar-refractivity contribution in [1.82, 2.24) is 10.2 Å². The summed E-state index contributed by atoms with van der Waals surface area (Å²) in [6, 6.07) is 10.2. The quantitative estimate of drug-likeness (QED) is 0.868. The van der Waals surface area contributed by atoms with E-state index in [2.05, 4.69) is 17.4 Å². The fourth-order valence-electron chi connectivity index (χ4n) is 4.40. The Morgan fingerprint density at radius 2 is 1.79 bits per heavy atom. The maximum absolute atomic E-state index is 12.5. The van der Waals surface area contributed by atoms with Crippen molar-refractivity contribution in [3.63, 3.8) is 0 Å². The lowest BCUT2D eigenvalue weighted by Crippen LogP contribution is -2.47. The average Bonchev–Trinajstić information content (AvgIpc) is 3.08. The van der Waals surface area contributed by atoms with Gasteiger partial charge in [-0.2, -0.15) is 0 Å². The Bertz CT molecular complexity index is 516. The van der Waals surface area contributed by atoms with Crippen LogP contribution in [0.25, 0.3) is 0 Å². The molecule has 132 valence electrons. The van der Waals surface area contributed by atoms with E-state index in [9.17, 15) is 9.90 Å². The van der Waals surface area contributed by atoms with Gasteiger partial charge in [0.1, 0.15) is 0 Å². The van der Waals surface area contributed by atoms with Gasteiger partial charge in [0.15, 0.2) is 0 Å². The Morgan fingerprint density at radius 3 is 2.42 bits per heavy atom. The summed E-state index contributed by atoms with van der Waals surface area (Å²) in [4.78, 5) is 14.5. The first kappa shape index (κ1) is 17.3. The monoisotopic (exact) mass is 330 g/mol. The molecular weight excluding hydrogens is 300 g/mol. The van der Waals surface area contributed by atoms with E-state index < -0.39 is 0 Å². The molecule has 1 atom stereocenters. The number of hydrogen-bond acceptors (Lipinski definition) is 2. The largest absolute Gasteiger partial charge is 0.396 e. The number of nitrogens with one attached hydrogen (secondary N) is 1. The number of piperidine rings is 1. The molecule has 1 aromatic carbocycles. The number of carbonyl (C=O) groups is 1. The molecule has 0 aromatic heterocycles. The maximum Gasteiger partial charge on any atom is 0.317 e. The summed E-state index contributed by atoms with van der Waals surface area (Å²) >= 11 is 0. The molecule has 24 heavy (non-hydrogen) atoms. The second-order valence-electron chi connectivity index (χ2n) is 7.50. The Hall–Kier alpha value is -1.55. The van der Waals surface area contributed by atoms with Crippen molar-refractivity contribution in [3.05, 3.63) is 35.9 Å². The van der Waals surface area contributed by atoms with Crippen LogP contribution in [0, 0.1) is 5.41 Å². The molecule has 2 fully saturated rings. The van der Waals surface area contributed by atoms with Crippen LogP contribution in [0.2, 0.25) is 0 Å². The van der Waals surface area contributed by atoms with Gasteiger partial charge in [0.2, 0.25) is 0 Å². The Morgan fingerprint density at radius 1 is 1.12 bits per heavy atom. The summed E-state index contributed by atoms with van der Waals surface area (Å²) in [7, 11) is 0. The van der Waals surface area contributed by atoms with E-state index in [0.29, 0.717) is 18.4 Å². The number of nitrogens with zero attached hydrogens (tertiary/aromatic N) is 1. The first-order valence-corrected chi connectivity index (χ1v) is 9.41. The zero-order valence-electron chi connectivity index (χ0n) is 14.5. The van der Waals surface area contributed by atoms with E-state index >= 15 is 0 Å². The third-order valence-corrected chi connectivity index (χ3v) is 6.02. The number of amides is 2. The predicted molar refractivity (Wildman–Crippen MR) is 96.0 cm³/mol. The number of likely N-dealkylation sites (tertiary alicyclic amines) is 1. The van der Waals surface area contributed by atoms with Crippen LogP contribution < -0.4 is 5.32 Å². The minimum Gasteiger partial charge on any atom is -0.396 e. The van der Waals surface area contributed by atoms with Crippen molar-refractivity contribution in [2.24, 2.45) is 5.41 Å². The fraction of sp³-hybridized carbons (Fsp3) is 0.650. The lowest BCUT2D eigenvalue weighted by molar-refractivity contribution is 0.120. The van der Waals surface area contributed by atoms with E-state index in [1.807, 2.05) is 23.1 Å². The zero-order valence-corrected chi connectivity index (χ0v) is 14.5. The van der Waals surface area contributed by atoms with Crippen molar-refractivity contribution in [1.29, 1.82) is 0 Å². The number of urea groups is 1. The zero-order chi connectivity index (χ0) is 16.8. The standard InChI is InChI=1S/C20H30N2O2/c23-15-8-18(17-6-2-1-3-7-17)16-21-19(24)22-13-11-20(12-14-22)9-4-5-10-20/h1-3,6-7,18,23H,4-5,8-16H2,(H,21,24). The molecule has 0 bridgehead atoms. The first-order chi connectivity index (χ1) is 11.7. The normalized spacial score (nSPS) is 21.0. The lowest BCUT2D eigenvalue weighted by Gasteiger charge is -2.39. The van der Waals surface area contributed by atoms with E-state index in [0.717, 1.165) is 13.1 Å². The van der Waals surface area contributed by atoms with E-state index in [-0.39, 0.29) is 18.6 Å². The highest BCUT2D eigenvalue weighted by atomic mass is 16.3. The highest BCUT2D eigenvalue weighted by Crippen LogP contribution is 2.46. The van der Waals surface area contributed by atoms with Gasteiger partial charge in [0, 0.05) is 32.2 Å². The van der Waals surface area contributed by atoms with Crippen LogP contribution in [-0.4, -0.2) is 42.3 Å². The van der Waals surface area contributed by atoms with Gasteiger partial charge in [-0.05, 0) is 43.1 Å². The molecule has 1 aliphatic carbocycles. The summed E-state index contributed by atoms with van der Waals surface area (Å²) in [5.74, 6) is 0.172. The number of carbonyl (C=O) groups excluding carboxylic acids is 1. The van der Waals surface area contributed by atoms with Gasteiger partial charge < -0.3 is 15.3 Å². The molecule has 1 spiro atoms. The highest BCUT2D eigenvalue weighted by Gasteiger charge is 2.37. The highest BCUT2D eigenvalue weighted by molar-refractivity contribution is 5.74. The van der Waals surface area contributed by atoms with E-state index in [1.165, 1.54) is 44.1 Å². The van der Waals surface area contributed by atoms with Crippen LogP contribution in [0.15, 0.2) is 30.3 Å². The molecule has 0 radical (unpaired) electrons. The van der Waals surface area contributed by atoms with Gasteiger partial charge in [0.05, 0.1) is 0 Å². The van der Waals surface area contributed by atoms with Crippen molar-refractivity contribution in [2.75, 3.05) is 26.2 Å². The third-order valence-electron chi connectivity index (χ3n) is 6.02. The lowest BCUT2D eigenvalue weighted by atomic mass is 9.77. The van der Waals surface area contributed by atoms with Crippen LogP contribution in [0.3, 0.4) is 0 Å². The van der Waals surface area contributed by atoms with Crippen LogP contribution in [-0.2, 0) is 0 Å². The van der Waals surface area contributed by atoms with Gasteiger partial charge in [-0.1, -0.05) is 43.2 Å². The van der Waals surface area contributed by atoms with Crippen molar-refractivity contribution >= 4 is 6.03 Å². The van der Waals surface area contributed by atoms with E-state index in [4.69, 9.17) is 0 Å². The first-order valence-electron chi connectivity index (χ1n) is 9.41. The Balaban J connectivity index is 1.49. The molecule has 1 heterocycles. The molecule has 1 saturated carbocycles. The SMILES string of the molecule is O=C(NCC(CCO)c1ccccc1)N1CCC2(CCCC2)CC1. The smallest absolute Gasteiger partial charge is 0.317 e. The topological polar surface area (TPSA) is 52.6 Å². The number of rotatable bonds is 5. The predicted octanol–water partition coefficient (Wildman–Crippen LogP) is 3.52. The van der Waals surface area contributed by atoms with E-state index in [1.54, 1.807) is 0 Å². The number of aliphatic hydroxyl groups excluding tert-OH is 1.